The van der Waals surface area contributed by atoms with Gasteiger partial charge in [-0.3, -0.25) is 14.6 Å². The van der Waals surface area contributed by atoms with Crippen molar-refractivity contribution in [3.8, 4) is 11.3 Å². The van der Waals surface area contributed by atoms with Gasteiger partial charge in [-0.2, -0.15) is 0 Å². The molecule has 3 rings (SSSR count). The van der Waals surface area contributed by atoms with E-state index < -0.39 is 5.91 Å². The number of nitrogens with zero attached hydrogens (tertiary/aromatic N) is 2. The van der Waals surface area contributed by atoms with Crippen molar-refractivity contribution in [2.45, 2.75) is 6.54 Å². The lowest BCUT2D eigenvalue weighted by molar-refractivity contribution is 0.0992. The van der Waals surface area contributed by atoms with Crippen LogP contribution in [0.25, 0.3) is 11.3 Å². The quantitative estimate of drug-likeness (QED) is 0.651. The molecule has 0 saturated heterocycles. The van der Waals surface area contributed by atoms with E-state index in [2.05, 4.69) is 15.3 Å². The standard InChI is InChI=1S/C19H17N5O2/c20-10-15-17(18(21)25)24-16(11-22-15)13-7-4-8-14(9-13)23-19(26)12-5-2-1-3-6-12/h1-9,11H,10,20H2,(H2,21,25)(H,23,26). The van der Waals surface area contributed by atoms with Crippen molar-refractivity contribution < 1.29 is 9.59 Å². The summed E-state index contributed by atoms with van der Waals surface area (Å²) < 4.78 is 0. The van der Waals surface area contributed by atoms with Crippen molar-refractivity contribution in [1.29, 1.82) is 0 Å². The van der Waals surface area contributed by atoms with E-state index in [0.717, 1.165) is 0 Å². The third-order valence-electron chi connectivity index (χ3n) is 3.73. The van der Waals surface area contributed by atoms with Crippen LogP contribution in [0.2, 0.25) is 0 Å². The highest BCUT2D eigenvalue weighted by Gasteiger charge is 2.13. The van der Waals surface area contributed by atoms with E-state index in [1.807, 2.05) is 6.07 Å². The molecule has 0 atom stereocenters. The Labute approximate surface area is 150 Å². The fraction of sp³-hybridized carbons (Fsp3) is 0.0526. The molecule has 5 N–H and O–H groups in total. The van der Waals surface area contributed by atoms with Crippen molar-refractivity contribution in [3.63, 3.8) is 0 Å². The number of nitrogens with two attached hydrogens (primary N) is 2. The summed E-state index contributed by atoms with van der Waals surface area (Å²) >= 11 is 0. The van der Waals surface area contributed by atoms with Crippen LogP contribution in [0.5, 0.6) is 0 Å². The number of aromatic nitrogens is 2. The first-order valence-electron chi connectivity index (χ1n) is 7.91. The summed E-state index contributed by atoms with van der Waals surface area (Å²) in [6, 6.07) is 16.0. The predicted octanol–water partition coefficient (Wildman–Crippen LogP) is 1.95. The van der Waals surface area contributed by atoms with Gasteiger partial charge in [0.05, 0.1) is 17.6 Å². The second-order valence-corrected chi connectivity index (χ2v) is 5.52. The topological polar surface area (TPSA) is 124 Å². The van der Waals surface area contributed by atoms with Crippen molar-refractivity contribution in [2.24, 2.45) is 11.5 Å². The number of carbonyl (C=O) groups is 2. The molecule has 0 aliphatic heterocycles. The Balaban J connectivity index is 1.89. The molecule has 0 spiro atoms. The Morgan fingerprint density at radius 3 is 2.50 bits per heavy atom. The second-order valence-electron chi connectivity index (χ2n) is 5.52. The average molecular weight is 347 g/mol. The zero-order valence-corrected chi connectivity index (χ0v) is 13.8. The number of anilines is 1. The smallest absolute Gasteiger partial charge is 0.269 e. The van der Waals surface area contributed by atoms with Crippen molar-refractivity contribution >= 4 is 17.5 Å². The maximum absolute atomic E-state index is 12.3. The molecule has 26 heavy (non-hydrogen) atoms. The van der Waals surface area contributed by atoms with E-state index in [1.54, 1.807) is 48.5 Å². The molecule has 2 amide bonds. The molecule has 7 nitrogen and oxygen atoms in total. The van der Waals surface area contributed by atoms with Crippen LogP contribution in [0.1, 0.15) is 26.5 Å². The molecule has 1 aromatic heterocycles. The molecular formula is C19H17N5O2. The van der Waals surface area contributed by atoms with Crippen molar-refractivity contribution in [3.05, 3.63) is 77.7 Å². The Kier molecular flexibility index (Phi) is 5.00. The first-order chi connectivity index (χ1) is 12.6. The molecule has 0 saturated carbocycles. The average Bonchev–Trinajstić information content (AvgIpc) is 2.68. The third-order valence-corrected chi connectivity index (χ3v) is 3.73. The molecule has 7 heteroatoms. The molecule has 0 aliphatic carbocycles. The summed E-state index contributed by atoms with van der Waals surface area (Å²) in [4.78, 5) is 32.2. The fourth-order valence-electron chi connectivity index (χ4n) is 2.45. The first-order valence-corrected chi connectivity index (χ1v) is 7.91. The largest absolute Gasteiger partial charge is 0.364 e. The van der Waals surface area contributed by atoms with Crippen LogP contribution in [0, 0.1) is 0 Å². The van der Waals surface area contributed by atoms with Gasteiger partial charge in [0, 0.05) is 23.4 Å². The molecule has 2 aromatic carbocycles. The van der Waals surface area contributed by atoms with E-state index in [4.69, 9.17) is 11.5 Å². The monoisotopic (exact) mass is 347 g/mol. The van der Waals surface area contributed by atoms with Gasteiger partial charge in [-0.1, -0.05) is 30.3 Å². The number of benzene rings is 2. The van der Waals surface area contributed by atoms with Gasteiger partial charge < -0.3 is 16.8 Å². The maximum atomic E-state index is 12.3. The van der Waals surface area contributed by atoms with Gasteiger partial charge in [-0.05, 0) is 24.3 Å². The Morgan fingerprint density at radius 1 is 1.04 bits per heavy atom. The van der Waals surface area contributed by atoms with Crippen LogP contribution in [0.4, 0.5) is 5.69 Å². The molecule has 0 aliphatic rings. The minimum atomic E-state index is -0.687. The maximum Gasteiger partial charge on any atom is 0.269 e. The minimum Gasteiger partial charge on any atom is -0.364 e. The van der Waals surface area contributed by atoms with Gasteiger partial charge in [-0.15, -0.1) is 0 Å². The summed E-state index contributed by atoms with van der Waals surface area (Å²) in [6.45, 7) is 0.0682. The van der Waals surface area contributed by atoms with Crippen LogP contribution in [0.3, 0.4) is 0 Å². The van der Waals surface area contributed by atoms with Crippen molar-refractivity contribution in [2.75, 3.05) is 5.32 Å². The number of hydrogen-bond acceptors (Lipinski definition) is 5. The zero-order valence-electron chi connectivity index (χ0n) is 13.8. The van der Waals surface area contributed by atoms with Gasteiger partial charge >= 0.3 is 0 Å². The van der Waals surface area contributed by atoms with Crippen molar-refractivity contribution in [1.82, 2.24) is 9.97 Å². The summed E-state index contributed by atoms with van der Waals surface area (Å²) in [5.74, 6) is -0.904. The van der Waals surface area contributed by atoms with E-state index in [0.29, 0.717) is 28.2 Å². The normalized spacial score (nSPS) is 10.3. The summed E-state index contributed by atoms with van der Waals surface area (Å²) in [5, 5.41) is 2.83. The van der Waals surface area contributed by atoms with E-state index in [1.165, 1.54) is 6.20 Å². The Bertz CT molecular complexity index is 957. The van der Waals surface area contributed by atoms with Gasteiger partial charge in [0.2, 0.25) is 0 Å². The number of nitrogens with one attached hydrogen (secondary N) is 1. The SMILES string of the molecule is NCc1ncc(-c2cccc(NC(=O)c3ccccc3)c2)nc1C(N)=O. The number of rotatable bonds is 5. The molecule has 3 aromatic rings. The highest BCUT2D eigenvalue weighted by Crippen LogP contribution is 2.22. The molecule has 0 unspecified atom stereocenters. The first kappa shape index (κ1) is 17.2. The summed E-state index contributed by atoms with van der Waals surface area (Å²) in [5.41, 5.74) is 13.6. The predicted molar refractivity (Wildman–Crippen MR) is 98.3 cm³/mol. The van der Waals surface area contributed by atoms with Crippen LogP contribution in [-0.2, 0) is 6.54 Å². The summed E-state index contributed by atoms with van der Waals surface area (Å²) in [7, 11) is 0. The number of primary amides is 1. The lowest BCUT2D eigenvalue weighted by Crippen LogP contribution is -2.19. The number of carbonyl (C=O) groups excluding carboxylic acids is 2. The molecule has 0 fully saturated rings. The number of amides is 2. The van der Waals surface area contributed by atoms with Crippen LogP contribution in [-0.4, -0.2) is 21.8 Å². The molecule has 0 bridgehead atoms. The third kappa shape index (κ3) is 3.73. The second kappa shape index (κ2) is 7.54. The van der Waals surface area contributed by atoms with Gasteiger partial charge in [0.25, 0.3) is 11.8 Å². The number of hydrogen-bond donors (Lipinski definition) is 3. The van der Waals surface area contributed by atoms with Gasteiger partial charge in [-0.25, -0.2) is 4.98 Å². The Morgan fingerprint density at radius 2 is 1.81 bits per heavy atom. The zero-order chi connectivity index (χ0) is 18.5. The highest BCUT2D eigenvalue weighted by atomic mass is 16.2. The van der Waals surface area contributed by atoms with Gasteiger partial charge in [0.15, 0.2) is 5.69 Å². The molecule has 130 valence electrons. The highest BCUT2D eigenvalue weighted by molar-refractivity contribution is 6.04. The van der Waals surface area contributed by atoms with Crippen LogP contribution < -0.4 is 16.8 Å². The minimum absolute atomic E-state index is 0.0451. The van der Waals surface area contributed by atoms with Gasteiger partial charge in [0.1, 0.15) is 0 Å². The summed E-state index contributed by atoms with van der Waals surface area (Å²) in [6.07, 6.45) is 1.52. The van der Waals surface area contributed by atoms with E-state index in [-0.39, 0.29) is 18.1 Å². The van der Waals surface area contributed by atoms with Crippen LogP contribution >= 0.6 is 0 Å². The van der Waals surface area contributed by atoms with E-state index in [9.17, 15) is 9.59 Å². The molecular weight excluding hydrogens is 330 g/mol. The Hall–Kier alpha value is -3.58. The molecule has 1 heterocycles. The van der Waals surface area contributed by atoms with Crippen LogP contribution in [0.15, 0.2) is 60.8 Å². The lowest BCUT2D eigenvalue weighted by atomic mass is 10.1. The molecule has 0 radical (unpaired) electrons. The van der Waals surface area contributed by atoms with E-state index >= 15 is 0 Å². The fourth-order valence-corrected chi connectivity index (χ4v) is 2.45. The lowest BCUT2D eigenvalue weighted by Gasteiger charge is -2.09.